The van der Waals surface area contributed by atoms with Crippen LogP contribution < -0.4 is 11.1 Å². The van der Waals surface area contributed by atoms with Crippen LogP contribution in [0.5, 0.6) is 0 Å². The number of nitrogens with one attached hydrogen (secondary N) is 1. The molecule has 3 N–H and O–H groups in total. The summed E-state index contributed by atoms with van der Waals surface area (Å²) in [6.07, 6.45) is 45.5. The Bertz CT molecular complexity index is 392. The third-order valence-electron chi connectivity index (χ3n) is 8.84. The van der Waals surface area contributed by atoms with E-state index in [4.69, 9.17) is 10.5 Å². The Morgan fingerprint density at radius 1 is 0.341 bits per heavy atom. The Hall–Kier alpha value is -0.120. The molecule has 0 radical (unpaired) electrons. The fourth-order valence-electron chi connectivity index (χ4n) is 5.95. The van der Waals surface area contributed by atoms with Crippen LogP contribution in [0.1, 0.15) is 212 Å². The highest BCUT2D eigenvalue weighted by atomic mass is 16.5. The third-order valence-corrected chi connectivity index (χ3v) is 8.84. The second-order valence-corrected chi connectivity index (χ2v) is 13.1. The minimum absolute atomic E-state index is 0.815. The molecule has 0 amide bonds. The van der Waals surface area contributed by atoms with E-state index in [-0.39, 0.29) is 0 Å². The number of nitrogens with two attached hydrogens (primary N) is 1. The van der Waals surface area contributed by atoms with Gasteiger partial charge in [-0.1, -0.05) is 180 Å². The Balaban J connectivity index is 3.02. The molecule has 0 heterocycles. The van der Waals surface area contributed by atoms with Crippen LogP contribution in [0.25, 0.3) is 0 Å². The molecular weight excluding hydrogens is 500 g/mol. The van der Waals surface area contributed by atoms with Crippen molar-refractivity contribution < 1.29 is 4.74 Å². The first-order valence-electron chi connectivity index (χ1n) is 19.4. The normalized spacial score (nSPS) is 11.6. The van der Waals surface area contributed by atoms with Crippen LogP contribution in [0.2, 0.25) is 0 Å². The van der Waals surface area contributed by atoms with Crippen LogP contribution in [-0.2, 0) is 4.74 Å². The molecule has 0 spiro atoms. The number of hydrogen-bond donors (Lipinski definition) is 2. The molecule has 3 nitrogen and oxygen atoms in total. The van der Waals surface area contributed by atoms with E-state index < -0.39 is 0 Å². The molecular formula is C38H80N2O. The third kappa shape index (κ3) is 39.9. The summed E-state index contributed by atoms with van der Waals surface area (Å²) >= 11 is 0. The van der Waals surface area contributed by atoms with E-state index in [0.29, 0.717) is 0 Å². The zero-order valence-electron chi connectivity index (χ0n) is 28.6. The molecule has 3 heteroatoms. The van der Waals surface area contributed by atoms with E-state index in [1.165, 1.54) is 199 Å². The van der Waals surface area contributed by atoms with Crippen molar-refractivity contribution in [2.45, 2.75) is 212 Å². The van der Waals surface area contributed by atoms with Gasteiger partial charge < -0.3 is 15.8 Å². The molecule has 0 bridgehead atoms. The van der Waals surface area contributed by atoms with Gasteiger partial charge in [-0.05, 0) is 51.7 Å². The molecule has 0 aromatic heterocycles. The SMILES string of the molecule is CCCCCCCCCCCCCCCCCCCCCCCCCCCCCCOCCCCNCCCCN. The van der Waals surface area contributed by atoms with E-state index in [9.17, 15) is 0 Å². The highest BCUT2D eigenvalue weighted by Crippen LogP contribution is 2.16. The number of ether oxygens (including phenoxy) is 1. The molecule has 0 unspecified atom stereocenters. The number of hydrogen-bond acceptors (Lipinski definition) is 3. The van der Waals surface area contributed by atoms with E-state index >= 15 is 0 Å². The Morgan fingerprint density at radius 2 is 0.610 bits per heavy atom. The van der Waals surface area contributed by atoms with Gasteiger partial charge in [0.1, 0.15) is 0 Å². The van der Waals surface area contributed by atoms with Crippen LogP contribution in [0.4, 0.5) is 0 Å². The lowest BCUT2D eigenvalue weighted by Gasteiger charge is -2.06. The van der Waals surface area contributed by atoms with E-state index in [1.807, 2.05) is 0 Å². The topological polar surface area (TPSA) is 47.3 Å². The van der Waals surface area contributed by atoms with Crippen molar-refractivity contribution in [1.82, 2.24) is 5.32 Å². The van der Waals surface area contributed by atoms with Crippen molar-refractivity contribution in [2.75, 3.05) is 32.8 Å². The van der Waals surface area contributed by atoms with Crippen molar-refractivity contribution in [1.29, 1.82) is 0 Å². The van der Waals surface area contributed by atoms with Gasteiger partial charge >= 0.3 is 0 Å². The molecule has 248 valence electrons. The number of rotatable bonds is 38. The lowest BCUT2D eigenvalue weighted by Crippen LogP contribution is -2.18. The maximum atomic E-state index is 5.79. The summed E-state index contributed by atoms with van der Waals surface area (Å²) < 4.78 is 5.79. The largest absolute Gasteiger partial charge is 0.381 e. The maximum Gasteiger partial charge on any atom is 0.0466 e. The monoisotopic (exact) mass is 581 g/mol. The Labute approximate surface area is 260 Å². The quantitative estimate of drug-likeness (QED) is 0.0714. The minimum atomic E-state index is 0.815. The van der Waals surface area contributed by atoms with Gasteiger partial charge in [0, 0.05) is 13.2 Å². The second-order valence-electron chi connectivity index (χ2n) is 13.1. The predicted octanol–water partition coefficient (Wildman–Crippen LogP) is 12.1. The summed E-state index contributed by atoms with van der Waals surface area (Å²) in [7, 11) is 0. The second kappa shape index (κ2) is 39.9. The Kier molecular flexibility index (Phi) is 39.8. The minimum Gasteiger partial charge on any atom is -0.381 e. The van der Waals surface area contributed by atoms with Crippen LogP contribution in [-0.4, -0.2) is 32.8 Å². The molecule has 0 aliphatic heterocycles. The first kappa shape index (κ1) is 40.9. The standard InChI is InChI=1S/C38H80N2O/c1-2-3-4-5-6-7-8-9-10-11-12-13-14-15-16-17-18-19-20-21-22-23-24-25-26-27-28-32-37-41-38-33-31-36-40-35-30-29-34-39/h40H,2-39H2,1H3. The average molecular weight is 581 g/mol. The van der Waals surface area contributed by atoms with Crippen LogP contribution in [0.15, 0.2) is 0 Å². The first-order valence-corrected chi connectivity index (χ1v) is 19.4. The average Bonchev–Trinajstić information content (AvgIpc) is 2.98. The van der Waals surface area contributed by atoms with Gasteiger partial charge in [-0.2, -0.15) is 0 Å². The van der Waals surface area contributed by atoms with Gasteiger partial charge in [0.15, 0.2) is 0 Å². The molecule has 0 fully saturated rings. The van der Waals surface area contributed by atoms with Crippen LogP contribution in [0.3, 0.4) is 0 Å². The van der Waals surface area contributed by atoms with Gasteiger partial charge in [0.2, 0.25) is 0 Å². The highest BCUT2D eigenvalue weighted by molar-refractivity contribution is 4.53. The van der Waals surface area contributed by atoms with Crippen molar-refractivity contribution in [3.05, 3.63) is 0 Å². The molecule has 41 heavy (non-hydrogen) atoms. The summed E-state index contributed by atoms with van der Waals surface area (Å²) in [4.78, 5) is 0. The summed E-state index contributed by atoms with van der Waals surface area (Å²) in [5.74, 6) is 0. The number of unbranched alkanes of at least 4 members (excludes halogenated alkanes) is 29. The van der Waals surface area contributed by atoms with E-state index in [1.54, 1.807) is 0 Å². The molecule has 0 aliphatic carbocycles. The highest BCUT2D eigenvalue weighted by Gasteiger charge is 1.97. The zero-order chi connectivity index (χ0) is 29.6. The van der Waals surface area contributed by atoms with Crippen molar-refractivity contribution >= 4 is 0 Å². The van der Waals surface area contributed by atoms with Crippen LogP contribution >= 0.6 is 0 Å². The molecule has 0 aromatic rings. The van der Waals surface area contributed by atoms with Gasteiger partial charge in [-0.3, -0.25) is 0 Å². The molecule has 0 aliphatic rings. The van der Waals surface area contributed by atoms with Gasteiger partial charge in [0.25, 0.3) is 0 Å². The molecule has 0 rings (SSSR count). The van der Waals surface area contributed by atoms with Crippen molar-refractivity contribution in [3.63, 3.8) is 0 Å². The fraction of sp³-hybridized carbons (Fsp3) is 1.00. The molecule has 0 aromatic carbocycles. The molecule has 0 saturated carbocycles. The summed E-state index contributed by atoms with van der Waals surface area (Å²) in [6.45, 7) is 7.24. The van der Waals surface area contributed by atoms with E-state index in [0.717, 1.165) is 39.3 Å². The summed E-state index contributed by atoms with van der Waals surface area (Å²) in [6, 6.07) is 0. The predicted molar refractivity (Wildman–Crippen MR) is 186 cm³/mol. The lowest BCUT2D eigenvalue weighted by atomic mass is 10.0. The van der Waals surface area contributed by atoms with Gasteiger partial charge in [0.05, 0.1) is 0 Å². The van der Waals surface area contributed by atoms with E-state index in [2.05, 4.69) is 12.2 Å². The zero-order valence-corrected chi connectivity index (χ0v) is 28.6. The Morgan fingerprint density at radius 3 is 0.927 bits per heavy atom. The van der Waals surface area contributed by atoms with Gasteiger partial charge in [-0.25, -0.2) is 0 Å². The van der Waals surface area contributed by atoms with Crippen molar-refractivity contribution in [2.24, 2.45) is 5.73 Å². The molecule has 0 atom stereocenters. The van der Waals surface area contributed by atoms with Crippen molar-refractivity contribution in [3.8, 4) is 0 Å². The van der Waals surface area contributed by atoms with Crippen LogP contribution in [0, 0.1) is 0 Å². The smallest absolute Gasteiger partial charge is 0.0466 e. The summed E-state index contributed by atoms with van der Waals surface area (Å²) in [5, 5.41) is 3.48. The molecule has 0 saturated heterocycles. The maximum absolute atomic E-state index is 5.79. The fourth-order valence-corrected chi connectivity index (χ4v) is 5.95. The first-order chi connectivity index (χ1) is 20.4. The lowest BCUT2D eigenvalue weighted by molar-refractivity contribution is 0.126. The van der Waals surface area contributed by atoms with Gasteiger partial charge in [-0.15, -0.1) is 0 Å². The summed E-state index contributed by atoms with van der Waals surface area (Å²) in [5.41, 5.74) is 5.51.